The average molecular weight is 814 g/mol. The molecule has 0 spiro atoms. The van der Waals surface area contributed by atoms with Gasteiger partial charge in [-0.2, -0.15) is 0 Å². The molecule has 11 nitrogen and oxygen atoms in total. The summed E-state index contributed by atoms with van der Waals surface area (Å²) < 4.78 is 12.5. The van der Waals surface area contributed by atoms with Crippen molar-refractivity contribution in [1.29, 1.82) is 0 Å². The van der Waals surface area contributed by atoms with E-state index in [1.807, 2.05) is 55.5 Å². The molecule has 5 aromatic carbocycles. The Hall–Kier alpha value is -6.27. The molecule has 0 radical (unpaired) electrons. The summed E-state index contributed by atoms with van der Waals surface area (Å²) in [5, 5.41) is 13.5. The topological polar surface area (TPSA) is 131 Å². The molecule has 0 aromatic heterocycles. The highest BCUT2D eigenvalue weighted by Crippen LogP contribution is 2.50. The number of hydrogen-bond acceptors (Lipinski definition) is 8. The summed E-state index contributed by atoms with van der Waals surface area (Å²) in [5.41, 5.74) is 6.89. The first-order valence-electron chi connectivity index (χ1n) is 18.5. The molecule has 1 fully saturated rings. The molecule has 0 bridgehead atoms. The van der Waals surface area contributed by atoms with Crippen molar-refractivity contribution in [3.05, 3.63) is 163 Å². The van der Waals surface area contributed by atoms with Crippen molar-refractivity contribution in [2.45, 2.75) is 38.2 Å². The molecular formula is C44H37BrN4O7. The Kier molecular flexibility index (Phi) is 10.1. The molecule has 2 atom stereocenters. The number of carbonyl (C=O) groups is 3. The second-order valence-corrected chi connectivity index (χ2v) is 14.8. The van der Waals surface area contributed by atoms with Crippen molar-refractivity contribution in [2.75, 3.05) is 29.5 Å². The minimum Gasteiger partial charge on any atom is -0.490 e. The highest BCUT2D eigenvalue weighted by atomic mass is 79.9. The van der Waals surface area contributed by atoms with Crippen LogP contribution in [0, 0.1) is 10.1 Å². The summed E-state index contributed by atoms with van der Waals surface area (Å²) >= 11 is 3.56. The van der Waals surface area contributed by atoms with Crippen LogP contribution < -0.4 is 24.6 Å². The van der Waals surface area contributed by atoms with Gasteiger partial charge in [-0.1, -0.05) is 60.7 Å². The number of rotatable bonds is 10. The number of halogens is 1. The summed E-state index contributed by atoms with van der Waals surface area (Å²) in [7, 11) is 0. The summed E-state index contributed by atoms with van der Waals surface area (Å²) in [6.07, 6.45) is 3.20. The van der Waals surface area contributed by atoms with Gasteiger partial charge in [0.1, 0.15) is 12.2 Å². The molecule has 8 rings (SSSR count). The lowest BCUT2D eigenvalue weighted by Crippen LogP contribution is -2.54. The van der Waals surface area contributed by atoms with Crippen LogP contribution in [0.25, 0.3) is 6.08 Å². The van der Waals surface area contributed by atoms with Gasteiger partial charge in [-0.15, -0.1) is 0 Å². The van der Waals surface area contributed by atoms with Gasteiger partial charge in [-0.25, -0.2) is 9.69 Å². The zero-order valence-electron chi connectivity index (χ0n) is 30.4. The summed E-state index contributed by atoms with van der Waals surface area (Å²) in [5.74, 6) is -0.726. The standard InChI is InChI=1S/C44H37BrN4O7/c1-2-55-39-23-28(22-38(45)41(39)56-26-27-13-15-31(16-14-27)49(53)54)21-37-42(50)46-44(52)48(43(37)51)32-24-35-33(29-9-5-3-6-10-29)17-19-47-20-18-34(36(25-32)40(35)47)30-11-7-4-8-12-30/h3-16,21-25,33-34H,2,17-20,26H2,1H3,(H,46,50,52)/b37-21+/t33-,34-/m0/s1. The van der Waals surface area contributed by atoms with Crippen molar-refractivity contribution >= 4 is 56.9 Å². The van der Waals surface area contributed by atoms with Crippen LogP contribution >= 0.6 is 15.9 Å². The molecule has 282 valence electrons. The van der Waals surface area contributed by atoms with Gasteiger partial charge in [-0.05, 0) is 112 Å². The molecule has 1 N–H and O–H groups in total. The number of imide groups is 2. The number of ether oxygens (including phenoxy) is 2. The fourth-order valence-electron chi connectivity index (χ4n) is 7.97. The zero-order chi connectivity index (χ0) is 38.9. The highest BCUT2D eigenvalue weighted by Gasteiger charge is 2.40. The molecule has 3 aliphatic rings. The number of carbonyl (C=O) groups excluding carboxylic acids is 3. The number of non-ortho nitro benzene ring substituents is 1. The first-order chi connectivity index (χ1) is 27.2. The maximum absolute atomic E-state index is 14.4. The zero-order valence-corrected chi connectivity index (χ0v) is 32.0. The fourth-order valence-corrected chi connectivity index (χ4v) is 8.55. The lowest BCUT2D eigenvalue weighted by molar-refractivity contribution is -0.384. The van der Waals surface area contributed by atoms with Crippen LogP contribution in [0.3, 0.4) is 0 Å². The molecule has 0 saturated carbocycles. The molecule has 1 saturated heterocycles. The first-order valence-corrected chi connectivity index (χ1v) is 19.3. The number of nitrogens with one attached hydrogen (secondary N) is 1. The van der Waals surface area contributed by atoms with E-state index in [0.29, 0.717) is 39.4 Å². The van der Waals surface area contributed by atoms with Gasteiger partial charge in [0, 0.05) is 42.7 Å². The summed E-state index contributed by atoms with van der Waals surface area (Å²) in [6, 6.07) is 33.1. The number of urea groups is 1. The Morgan fingerprint density at radius 2 is 1.45 bits per heavy atom. The van der Waals surface area contributed by atoms with E-state index in [-0.39, 0.29) is 29.7 Å². The van der Waals surface area contributed by atoms with E-state index in [1.54, 1.807) is 24.3 Å². The SMILES string of the molecule is CCOc1cc(/C=C2\C(=O)NC(=O)N(c3cc4c5c(c3)[C@H](c3ccccc3)CCN5CC[C@H]4c3ccccc3)C2=O)cc(Br)c1OCc1ccc([N+](=O)[O-])cc1. The van der Waals surface area contributed by atoms with Gasteiger partial charge in [-0.3, -0.25) is 25.0 Å². The number of anilines is 2. The molecule has 4 amide bonds. The van der Waals surface area contributed by atoms with E-state index >= 15 is 0 Å². The predicted octanol–water partition coefficient (Wildman–Crippen LogP) is 8.88. The molecular weight excluding hydrogens is 776 g/mol. The Bertz CT molecular complexity index is 2310. The number of benzene rings is 5. The van der Waals surface area contributed by atoms with Gasteiger partial charge in [0.15, 0.2) is 11.5 Å². The third-order valence-corrected chi connectivity index (χ3v) is 11.1. The third-order valence-electron chi connectivity index (χ3n) is 10.5. The minimum atomic E-state index is -0.813. The molecule has 5 aromatic rings. The van der Waals surface area contributed by atoms with E-state index in [4.69, 9.17) is 9.47 Å². The largest absolute Gasteiger partial charge is 0.490 e. The predicted molar refractivity (Wildman–Crippen MR) is 216 cm³/mol. The maximum Gasteiger partial charge on any atom is 0.335 e. The van der Waals surface area contributed by atoms with Gasteiger partial charge in [0.05, 0.1) is 21.7 Å². The second-order valence-electron chi connectivity index (χ2n) is 13.9. The van der Waals surface area contributed by atoms with Crippen LogP contribution in [0.15, 0.2) is 119 Å². The van der Waals surface area contributed by atoms with Crippen LogP contribution in [0.4, 0.5) is 21.9 Å². The van der Waals surface area contributed by atoms with Crippen LogP contribution in [0.5, 0.6) is 11.5 Å². The Morgan fingerprint density at radius 1 is 0.839 bits per heavy atom. The number of nitro groups is 1. The van der Waals surface area contributed by atoms with Crippen molar-refractivity contribution in [3.63, 3.8) is 0 Å². The smallest absolute Gasteiger partial charge is 0.335 e. The Labute approximate surface area is 331 Å². The molecule has 12 heteroatoms. The fraction of sp³-hybridized carbons (Fsp3) is 0.205. The first kappa shape index (κ1) is 36.7. The number of hydrogen-bond donors (Lipinski definition) is 1. The molecule has 3 aliphatic heterocycles. The van der Waals surface area contributed by atoms with E-state index in [2.05, 4.69) is 50.4 Å². The minimum absolute atomic E-state index is 0.0236. The number of barbiturate groups is 1. The van der Waals surface area contributed by atoms with Crippen molar-refractivity contribution in [2.24, 2.45) is 0 Å². The average Bonchev–Trinajstić information content (AvgIpc) is 3.20. The monoisotopic (exact) mass is 812 g/mol. The Balaban J connectivity index is 1.17. The van der Waals surface area contributed by atoms with E-state index < -0.39 is 22.8 Å². The van der Waals surface area contributed by atoms with Crippen LogP contribution in [0.2, 0.25) is 0 Å². The normalized spacial score (nSPS) is 18.4. The summed E-state index contributed by atoms with van der Waals surface area (Å²) in [4.78, 5) is 55.6. The Morgan fingerprint density at radius 3 is 2.02 bits per heavy atom. The van der Waals surface area contributed by atoms with Crippen LogP contribution in [0.1, 0.15) is 65.0 Å². The lowest BCUT2D eigenvalue weighted by atomic mass is 9.76. The van der Waals surface area contributed by atoms with E-state index in [9.17, 15) is 24.5 Å². The van der Waals surface area contributed by atoms with Crippen molar-refractivity contribution < 1.29 is 28.8 Å². The number of amides is 4. The highest BCUT2D eigenvalue weighted by molar-refractivity contribution is 9.10. The van der Waals surface area contributed by atoms with E-state index in [1.165, 1.54) is 18.2 Å². The van der Waals surface area contributed by atoms with Crippen molar-refractivity contribution in [1.82, 2.24) is 5.32 Å². The molecule has 3 heterocycles. The quantitative estimate of drug-likeness (QED) is 0.0641. The van der Waals surface area contributed by atoms with Gasteiger partial charge >= 0.3 is 6.03 Å². The van der Waals surface area contributed by atoms with Crippen LogP contribution in [-0.4, -0.2) is 42.5 Å². The molecule has 0 unspecified atom stereocenters. The van der Waals surface area contributed by atoms with Crippen LogP contribution in [-0.2, 0) is 16.2 Å². The maximum atomic E-state index is 14.4. The number of nitrogens with zero attached hydrogens (tertiary/aromatic N) is 3. The molecule has 0 aliphatic carbocycles. The second kappa shape index (κ2) is 15.5. The van der Waals surface area contributed by atoms with E-state index in [0.717, 1.165) is 58.8 Å². The number of nitro benzene ring substituents is 1. The lowest BCUT2D eigenvalue weighted by Gasteiger charge is -2.44. The van der Waals surface area contributed by atoms with Gasteiger partial charge in [0.2, 0.25) is 0 Å². The van der Waals surface area contributed by atoms with Gasteiger partial charge in [0.25, 0.3) is 17.5 Å². The molecule has 56 heavy (non-hydrogen) atoms. The summed E-state index contributed by atoms with van der Waals surface area (Å²) in [6.45, 7) is 4.01. The van der Waals surface area contributed by atoms with Crippen molar-refractivity contribution in [3.8, 4) is 11.5 Å². The third kappa shape index (κ3) is 7.03. The van der Waals surface area contributed by atoms with Gasteiger partial charge < -0.3 is 14.4 Å².